The lowest BCUT2D eigenvalue weighted by Crippen LogP contribution is -2.13. The average Bonchev–Trinajstić information content (AvgIpc) is 2.64. The van der Waals surface area contributed by atoms with Gasteiger partial charge in [-0.25, -0.2) is 4.68 Å². The van der Waals surface area contributed by atoms with E-state index >= 15 is 0 Å². The first kappa shape index (κ1) is 11.9. The van der Waals surface area contributed by atoms with Crippen molar-refractivity contribution in [3.8, 4) is 0 Å². The topological polar surface area (TPSA) is 93.5 Å². The number of tetrazole rings is 1. The highest BCUT2D eigenvalue weighted by Gasteiger charge is 2.13. The van der Waals surface area contributed by atoms with Crippen LogP contribution < -0.4 is 5.73 Å². The van der Waals surface area contributed by atoms with Crippen LogP contribution in [0.15, 0.2) is 28.3 Å². The summed E-state index contributed by atoms with van der Waals surface area (Å²) in [5, 5.41) is 19.7. The third-order valence-electron chi connectivity index (χ3n) is 2.03. The van der Waals surface area contributed by atoms with Crippen LogP contribution in [0.1, 0.15) is 5.56 Å². The van der Waals surface area contributed by atoms with Crippen molar-refractivity contribution in [2.24, 2.45) is 12.8 Å². The van der Waals surface area contributed by atoms with E-state index < -0.39 is 0 Å². The second-order valence-electron chi connectivity index (χ2n) is 3.21. The molecule has 2 rings (SSSR count). The molecule has 17 heavy (non-hydrogen) atoms. The van der Waals surface area contributed by atoms with E-state index in [0.717, 1.165) is 4.90 Å². The van der Waals surface area contributed by atoms with Crippen molar-refractivity contribution >= 4 is 29.2 Å². The van der Waals surface area contributed by atoms with Gasteiger partial charge in [-0.2, -0.15) is 0 Å². The maximum absolute atomic E-state index is 7.52. The Morgan fingerprint density at radius 1 is 1.53 bits per heavy atom. The van der Waals surface area contributed by atoms with Crippen LogP contribution in [0, 0.1) is 5.41 Å². The van der Waals surface area contributed by atoms with Crippen molar-refractivity contribution in [3.05, 3.63) is 28.8 Å². The van der Waals surface area contributed by atoms with Crippen molar-refractivity contribution in [2.45, 2.75) is 10.1 Å². The Balaban J connectivity index is 2.43. The van der Waals surface area contributed by atoms with Gasteiger partial charge >= 0.3 is 0 Å². The van der Waals surface area contributed by atoms with E-state index in [4.69, 9.17) is 22.7 Å². The summed E-state index contributed by atoms with van der Waals surface area (Å²) in [5.41, 5.74) is 6.01. The van der Waals surface area contributed by atoms with Gasteiger partial charge in [0, 0.05) is 17.5 Å². The van der Waals surface area contributed by atoms with Crippen LogP contribution in [0.4, 0.5) is 0 Å². The van der Waals surface area contributed by atoms with Crippen molar-refractivity contribution in [3.63, 3.8) is 0 Å². The monoisotopic (exact) mass is 268 g/mol. The highest BCUT2D eigenvalue weighted by Crippen LogP contribution is 2.31. The first-order valence-corrected chi connectivity index (χ1v) is 5.82. The molecule has 0 saturated heterocycles. The lowest BCUT2D eigenvalue weighted by Gasteiger charge is -2.08. The fraction of sp³-hybridized carbons (Fsp3) is 0.111. The molecule has 8 heteroatoms. The second-order valence-corrected chi connectivity index (χ2v) is 4.63. The first-order valence-electron chi connectivity index (χ1n) is 4.62. The number of halogens is 1. The fourth-order valence-electron chi connectivity index (χ4n) is 1.26. The van der Waals surface area contributed by atoms with Gasteiger partial charge in [0.05, 0.1) is 5.02 Å². The highest BCUT2D eigenvalue weighted by atomic mass is 35.5. The number of amidine groups is 1. The molecule has 0 fully saturated rings. The minimum Gasteiger partial charge on any atom is -0.384 e. The molecule has 0 aliphatic carbocycles. The average molecular weight is 269 g/mol. The molecule has 0 unspecified atom stereocenters. The summed E-state index contributed by atoms with van der Waals surface area (Å²) in [6, 6.07) is 5.31. The molecule has 2 aromatic rings. The molecule has 0 saturated carbocycles. The molecule has 88 valence electrons. The summed E-state index contributed by atoms with van der Waals surface area (Å²) < 4.78 is 1.54. The van der Waals surface area contributed by atoms with E-state index in [9.17, 15) is 0 Å². The van der Waals surface area contributed by atoms with Gasteiger partial charge in [-0.1, -0.05) is 17.7 Å². The summed E-state index contributed by atoms with van der Waals surface area (Å²) >= 11 is 7.32. The number of benzene rings is 1. The van der Waals surface area contributed by atoms with Crippen LogP contribution in [-0.2, 0) is 7.05 Å². The minimum absolute atomic E-state index is 0.0757. The van der Waals surface area contributed by atoms with Crippen molar-refractivity contribution in [2.75, 3.05) is 0 Å². The Bertz CT molecular complexity index is 566. The smallest absolute Gasteiger partial charge is 0.213 e. The number of rotatable bonds is 3. The maximum atomic E-state index is 7.52. The summed E-state index contributed by atoms with van der Waals surface area (Å²) in [5.74, 6) is -0.0757. The Labute approximate surface area is 107 Å². The standard InChI is InChI=1S/C9H9ClN6S/c1-16-9(13-14-15-16)17-6-4-2-3-5(10)7(6)8(11)12/h2-4H,1H3,(H3,11,12). The van der Waals surface area contributed by atoms with Gasteiger partial charge in [0.15, 0.2) is 0 Å². The summed E-state index contributed by atoms with van der Waals surface area (Å²) in [4.78, 5) is 0.753. The number of nitrogens with zero attached hydrogens (tertiary/aromatic N) is 4. The first-order chi connectivity index (χ1) is 8.09. The Kier molecular flexibility index (Phi) is 3.30. The fourth-order valence-corrected chi connectivity index (χ4v) is 2.50. The molecule has 1 aromatic carbocycles. The third kappa shape index (κ3) is 2.40. The molecule has 0 aliphatic heterocycles. The van der Waals surface area contributed by atoms with E-state index in [2.05, 4.69) is 15.5 Å². The molecule has 0 aliphatic rings. The molecule has 0 bridgehead atoms. The molecule has 1 heterocycles. The number of hydrogen-bond acceptors (Lipinski definition) is 5. The van der Waals surface area contributed by atoms with Crippen LogP contribution in [0.25, 0.3) is 0 Å². The Morgan fingerprint density at radius 3 is 2.88 bits per heavy atom. The number of nitrogens with two attached hydrogens (primary N) is 1. The lowest BCUT2D eigenvalue weighted by atomic mass is 10.2. The van der Waals surface area contributed by atoms with E-state index in [1.54, 1.807) is 19.2 Å². The van der Waals surface area contributed by atoms with E-state index in [-0.39, 0.29) is 5.84 Å². The normalized spacial score (nSPS) is 10.5. The van der Waals surface area contributed by atoms with E-state index in [1.807, 2.05) is 6.07 Å². The lowest BCUT2D eigenvalue weighted by molar-refractivity contribution is 0.664. The number of aromatic nitrogens is 4. The molecule has 0 atom stereocenters. The molecule has 0 amide bonds. The maximum Gasteiger partial charge on any atom is 0.213 e. The molecular formula is C9H9ClN6S. The summed E-state index contributed by atoms with van der Waals surface area (Å²) in [6.45, 7) is 0. The van der Waals surface area contributed by atoms with E-state index in [1.165, 1.54) is 16.4 Å². The van der Waals surface area contributed by atoms with Crippen LogP contribution in [0.2, 0.25) is 5.02 Å². The zero-order valence-corrected chi connectivity index (χ0v) is 10.5. The summed E-state index contributed by atoms with van der Waals surface area (Å²) in [6.07, 6.45) is 0. The van der Waals surface area contributed by atoms with Crippen LogP contribution in [0.3, 0.4) is 0 Å². The molecule has 0 spiro atoms. The number of aryl methyl sites for hydroxylation is 1. The van der Waals surface area contributed by atoms with Crippen molar-refractivity contribution in [1.82, 2.24) is 20.2 Å². The van der Waals surface area contributed by atoms with Gasteiger partial charge in [0.1, 0.15) is 5.84 Å². The Morgan fingerprint density at radius 2 is 2.29 bits per heavy atom. The van der Waals surface area contributed by atoms with Gasteiger partial charge in [-0.05, 0) is 34.3 Å². The third-order valence-corrected chi connectivity index (χ3v) is 3.43. The van der Waals surface area contributed by atoms with Gasteiger partial charge < -0.3 is 5.73 Å². The van der Waals surface area contributed by atoms with E-state index in [0.29, 0.717) is 15.7 Å². The summed E-state index contributed by atoms with van der Waals surface area (Å²) in [7, 11) is 1.74. The van der Waals surface area contributed by atoms with Gasteiger partial charge in [0.2, 0.25) is 5.16 Å². The Hall–Kier alpha value is -1.60. The van der Waals surface area contributed by atoms with Gasteiger partial charge in [0.25, 0.3) is 0 Å². The molecule has 6 nitrogen and oxygen atoms in total. The predicted octanol–water partition coefficient (Wildman–Crippen LogP) is 1.30. The zero-order valence-electron chi connectivity index (χ0n) is 8.88. The molecular weight excluding hydrogens is 260 g/mol. The number of nitrogen functional groups attached to an aromatic ring is 1. The van der Waals surface area contributed by atoms with Crippen LogP contribution in [-0.4, -0.2) is 26.0 Å². The SMILES string of the molecule is Cn1nnnc1Sc1cccc(Cl)c1C(=N)N. The largest absolute Gasteiger partial charge is 0.384 e. The van der Waals surface area contributed by atoms with Crippen LogP contribution in [0.5, 0.6) is 0 Å². The predicted molar refractivity (Wildman–Crippen MR) is 65.4 cm³/mol. The molecule has 1 aromatic heterocycles. The van der Waals surface area contributed by atoms with Gasteiger partial charge in [-0.15, -0.1) is 5.10 Å². The minimum atomic E-state index is -0.0757. The number of nitrogens with one attached hydrogen (secondary N) is 1. The van der Waals surface area contributed by atoms with Crippen LogP contribution >= 0.6 is 23.4 Å². The molecule has 0 radical (unpaired) electrons. The zero-order chi connectivity index (χ0) is 12.4. The second kappa shape index (κ2) is 4.72. The van der Waals surface area contributed by atoms with Gasteiger partial charge in [-0.3, -0.25) is 5.41 Å². The molecule has 3 N–H and O–H groups in total. The quantitative estimate of drug-likeness (QED) is 0.646. The van der Waals surface area contributed by atoms with Crippen molar-refractivity contribution in [1.29, 1.82) is 5.41 Å². The van der Waals surface area contributed by atoms with Crippen molar-refractivity contribution < 1.29 is 0 Å². The highest BCUT2D eigenvalue weighted by molar-refractivity contribution is 7.99. The number of hydrogen-bond donors (Lipinski definition) is 2.